The Balaban J connectivity index is 1.84. The number of nitrogens with one attached hydrogen (secondary N) is 2. The highest BCUT2D eigenvalue weighted by molar-refractivity contribution is 5.95. The molecule has 0 heterocycles. The van der Waals surface area contributed by atoms with Gasteiger partial charge >= 0.3 is 0 Å². The fraction of sp³-hybridized carbons (Fsp3) is 0.222. The number of carbonyl (C=O) groups excluding carboxylic acids is 2. The van der Waals surface area contributed by atoms with Gasteiger partial charge in [-0.15, -0.1) is 0 Å². The number of hydrogen-bond donors (Lipinski definition) is 2. The van der Waals surface area contributed by atoms with Crippen molar-refractivity contribution in [3.63, 3.8) is 0 Å². The molecule has 2 rings (SSSR count). The number of rotatable bonds is 5. The van der Waals surface area contributed by atoms with Crippen molar-refractivity contribution in [2.24, 2.45) is 0 Å². The summed E-state index contributed by atoms with van der Waals surface area (Å²) in [6.07, 6.45) is -0.767. The molecule has 2 aromatic rings. The van der Waals surface area contributed by atoms with Crippen molar-refractivity contribution in [3.05, 3.63) is 59.7 Å². The van der Waals surface area contributed by atoms with E-state index in [1.807, 2.05) is 19.1 Å². The monoisotopic (exact) mass is 328 g/mol. The molecule has 2 amide bonds. The smallest absolute Gasteiger partial charge is 0.279 e. The third-order valence-corrected chi connectivity index (χ3v) is 3.35. The van der Waals surface area contributed by atoms with Gasteiger partial charge in [0.15, 0.2) is 6.10 Å². The molecule has 0 radical (unpaired) electrons. The maximum atomic E-state index is 12.0. The van der Waals surface area contributed by atoms with E-state index in [1.165, 1.54) is 0 Å². The second-order valence-corrected chi connectivity index (χ2v) is 5.25. The average molecular weight is 328 g/mol. The van der Waals surface area contributed by atoms with E-state index < -0.39 is 12.0 Å². The summed E-state index contributed by atoms with van der Waals surface area (Å²) in [6, 6.07) is 13.9. The lowest BCUT2D eigenvalue weighted by Crippen LogP contribution is -2.47. The third kappa shape index (κ3) is 4.74. The molecule has 0 aliphatic carbocycles. The second-order valence-electron chi connectivity index (χ2n) is 5.25. The number of hydrogen-bond acceptors (Lipinski definition) is 4. The minimum atomic E-state index is -0.767. The van der Waals surface area contributed by atoms with Crippen molar-refractivity contribution >= 4 is 11.8 Å². The fourth-order valence-corrected chi connectivity index (χ4v) is 1.91. The SMILES string of the molecule is COc1ccc(OC(C)C(=O)NNC(=O)c2ccc(C)cc2)cc1. The average Bonchev–Trinajstić information content (AvgIpc) is 2.60. The first-order valence-electron chi connectivity index (χ1n) is 7.47. The van der Waals surface area contributed by atoms with Crippen molar-refractivity contribution in [1.29, 1.82) is 0 Å². The molecule has 0 saturated heterocycles. The molecule has 0 bridgehead atoms. The van der Waals surface area contributed by atoms with Gasteiger partial charge in [0.1, 0.15) is 11.5 Å². The van der Waals surface area contributed by atoms with Crippen molar-refractivity contribution in [2.45, 2.75) is 20.0 Å². The maximum absolute atomic E-state index is 12.0. The van der Waals surface area contributed by atoms with Gasteiger partial charge in [0.25, 0.3) is 11.8 Å². The van der Waals surface area contributed by atoms with Crippen molar-refractivity contribution in [1.82, 2.24) is 10.9 Å². The Hall–Kier alpha value is -3.02. The standard InChI is InChI=1S/C18H20N2O4/c1-12-4-6-14(7-5-12)18(22)20-19-17(21)13(2)24-16-10-8-15(23-3)9-11-16/h4-11,13H,1-3H3,(H,19,21)(H,20,22). The molecule has 0 fully saturated rings. The van der Waals surface area contributed by atoms with Crippen LogP contribution in [0.4, 0.5) is 0 Å². The highest BCUT2D eigenvalue weighted by Gasteiger charge is 2.16. The molecule has 0 aromatic heterocycles. The van der Waals surface area contributed by atoms with Crippen LogP contribution in [0.5, 0.6) is 11.5 Å². The molecular weight excluding hydrogens is 308 g/mol. The van der Waals surface area contributed by atoms with Crippen molar-refractivity contribution < 1.29 is 19.1 Å². The van der Waals surface area contributed by atoms with Gasteiger partial charge in [0.2, 0.25) is 0 Å². The molecule has 126 valence electrons. The Morgan fingerprint density at radius 1 is 0.917 bits per heavy atom. The topological polar surface area (TPSA) is 76.7 Å². The van der Waals surface area contributed by atoms with Gasteiger partial charge in [-0.05, 0) is 50.2 Å². The van der Waals surface area contributed by atoms with E-state index in [-0.39, 0.29) is 5.91 Å². The van der Waals surface area contributed by atoms with Crippen LogP contribution in [0, 0.1) is 6.92 Å². The lowest BCUT2D eigenvalue weighted by molar-refractivity contribution is -0.128. The first kappa shape index (κ1) is 17.3. The van der Waals surface area contributed by atoms with Gasteiger partial charge in [-0.1, -0.05) is 17.7 Å². The normalized spacial score (nSPS) is 11.3. The molecule has 0 aliphatic heterocycles. The van der Waals surface area contributed by atoms with Crippen LogP contribution >= 0.6 is 0 Å². The Morgan fingerprint density at radius 2 is 1.50 bits per heavy atom. The summed E-state index contributed by atoms with van der Waals surface area (Å²) in [6.45, 7) is 3.53. The molecule has 0 spiro atoms. The van der Waals surface area contributed by atoms with E-state index >= 15 is 0 Å². The van der Waals surface area contributed by atoms with E-state index in [2.05, 4.69) is 10.9 Å². The molecule has 24 heavy (non-hydrogen) atoms. The van der Waals surface area contributed by atoms with Gasteiger partial charge in [-0.2, -0.15) is 0 Å². The van der Waals surface area contributed by atoms with Crippen LogP contribution in [0.15, 0.2) is 48.5 Å². The quantitative estimate of drug-likeness (QED) is 0.825. The van der Waals surface area contributed by atoms with Crippen molar-refractivity contribution in [3.8, 4) is 11.5 Å². The number of ether oxygens (including phenoxy) is 2. The molecule has 1 unspecified atom stereocenters. The van der Waals surface area contributed by atoms with Crippen LogP contribution in [0.25, 0.3) is 0 Å². The predicted octanol–water partition coefficient (Wildman–Crippen LogP) is 2.23. The van der Waals surface area contributed by atoms with Crippen molar-refractivity contribution in [2.75, 3.05) is 7.11 Å². The van der Waals surface area contributed by atoms with Crippen LogP contribution in [-0.4, -0.2) is 25.0 Å². The molecule has 6 nitrogen and oxygen atoms in total. The molecule has 1 atom stereocenters. The zero-order chi connectivity index (χ0) is 17.5. The highest BCUT2D eigenvalue weighted by Crippen LogP contribution is 2.18. The summed E-state index contributed by atoms with van der Waals surface area (Å²) in [5.74, 6) is 0.388. The first-order chi connectivity index (χ1) is 11.5. The Morgan fingerprint density at radius 3 is 2.08 bits per heavy atom. The highest BCUT2D eigenvalue weighted by atomic mass is 16.5. The second kappa shape index (κ2) is 8.01. The zero-order valence-corrected chi connectivity index (χ0v) is 13.8. The number of hydrazine groups is 1. The van der Waals surface area contributed by atoms with Gasteiger partial charge in [0, 0.05) is 5.56 Å². The van der Waals surface area contributed by atoms with E-state index in [1.54, 1.807) is 50.4 Å². The molecular formula is C18H20N2O4. The van der Waals surface area contributed by atoms with Crippen LogP contribution in [0.3, 0.4) is 0 Å². The fourth-order valence-electron chi connectivity index (χ4n) is 1.91. The third-order valence-electron chi connectivity index (χ3n) is 3.35. The summed E-state index contributed by atoms with van der Waals surface area (Å²) in [5, 5.41) is 0. The van der Waals surface area contributed by atoms with Gasteiger partial charge in [0.05, 0.1) is 7.11 Å². The lowest BCUT2D eigenvalue weighted by atomic mass is 10.1. The number of carbonyl (C=O) groups is 2. The van der Waals surface area contributed by atoms with Crippen LogP contribution in [-0.2, 0) is 4.79 Å². The molecule has 2 aromatic carbocycles. The summed E-state index contributed by atoms with van der Waals surface area (Å²) >= 11 is 0. The summed E-state index contributed by atoms with van der Waals surface area (Å²) in [7, 11) is 1.57. The van der Waals surface area contributed by atoms with Gasteiger partial charge in [-0.25, -0.2) is 0 Å². The van der Waals surface area contributed by atoms with Crippen LogP contribution < -0.4 is 20.3 Å². The van der Waals surface area contributed by atoms with Gasteiger partial charge in [-0.3, -0.25) is 20.4 Å². The Kier molecular flexibility index (Phi) is 5.78. The summed E-state index contributed by atoms with van der Waals surface area (Å²) < 4.78 is 10.6. The van der Waals surface area contributed by atoms with E-state index in [0.29, 0.717) is 17.1 Å². The van der Waals surface area contributed by atoms with Crippen LogP contribution in [0.1, 0.15) is 22.8 Å². The minimum absolute atomic E-state index is 0.389. The zero-order valence-electron chi connectivity index (χ0n) is 13.8. The molecule has 2 N–H and O–H groups in total. The minimum Gasteiger partial charge on any atom is -0.497 e. The lowest BCUT2D eigenvalue weighted by Gasteiger charge is -2.15. The molecule has 0 saturated carbocycles. The molecule has 0 aliphatic rings. The number of methoxy groups -OCH3 is 1. The van der Waals surface area contributed by atoms with E-state index in [0.717, 1.165) is 5.56 Å². The summed E-state index contributed by atoms with van der Waals surface area (Å²) in [4.78, 5) is 23.9. The number of benzene rings is 2. The van der Waals surface area contributed by atoms with Gasteiger partial charge < -0.3 is 9.47 Å². The Bertz CT molecular complexity index is 696. The molecule has 6 heteroatoms. The van der Waals surface area contributed by atoms with E-state index in [9.17, 15) is 9.59 Å². The predicted molar refractivity (Wildman–Crippen MR) is 89.9 cm³/mol. The summed E-state index contributed by atoms with van der Waals surface area (Å²) in [5.41, 5.74) is 6.23. The Labute approximate surface area is 140 Å². The maximum Gasteiger partial charge on any atom is 0.279 e. The largest absolute Gasteiger partial charge is 0.497 e. The first-order valence-corrected chi connectivity index (χ1v) is 7.47. The van der Waals surface area contributed by atoms with Crippen LogP contribution in [0.2, 0.25) is 0 Å². The van der Waals surface area contributed by atoms with E-state index in [4.69, 9.17) is 9.47 Å². The number of aryl methyl sites for hydroxylation is 1. The number of amides is 2.